The van der Waals surface area contributed by atoms with Crippen LogP contribution in [-0.2, 0) is 6.42 Å². The summed E-state index contributed by atoms with van der Waals surface area (Å²) in [4.78, 5) is 0. The van der Waals surface area contributed by atoms with Crippen LogP contribution in [0.4, 0.5) is 0 Å². The molecule has 0 unspecified atom stereocenters. The summed E-state index contributed by atoms with van der Waals surface area (Å²) < 4.78 is 0. The van der Waals surface area contributed by atoms with E-state index in [1.54, 1.807) is 0 Å². The van der Waals surface area contributed by atoms with E-state index in [0.29, 0.717) is 0 Å². The Kier molecular flexibility index (Phi) is 4.33. The van der Waals surface area contributed by atoms with Gasteiger partial charge in [-0.3, -0.25) is 0 Å². The molecule has 0 fully saturated rings. The zero-order valence-corrected chi connectivity index (χ0v) is 16.1. The molecule has 0 N–H and O–H groups in total. The first kappa shape index (κ1) is 17.0. The molecule has 28 heavy (non-hydrogen) atoms. The molecular formula is C28H24. The molecule has 0 saturated heterocycles. The first-order chi connectivity index (χ1) is 13.8. The van der Waals surface area contributed by atoms with Gasteiger partial charge in [-0.25, -0.2) is 0 Å². The summed E-state index contributed by atoms with van der Waals surface area (Å²) in [5.74, 6) is 0. The predicted molar refractivity (Wildman–Crippen MR) is 120 cm³/mol. The Balaban J connectivity index is 1.30. The summed E-state index contributed by atoms with van der Waals surface area (Å²) in [7, 11) is 0. The van der Waals surface area contributed by atoms with Crippen LogP contribution < -0.4 is 0 Å². The molecule has 136 valence electrons. The van der Waals surface area contributed by atoms with Crippen molar-refractivity contribution in [3.05, 3.63) is 130 Å². The maximum Gasteiger partial charge on any atom is -0.00137 e. The van der Waals surface area contributed by atoms with E-state index in [1.807, 2.05) is 0 Å². The lowest BCUT2D eigenvalue weighted by Crippen LogP contribution is -1.96. The lowest BCUT2D eigenvalue weighted by atomic mass is 9.91. The standard InChI is InChI=1S/C28H24/c1-20(22-14-15-25(17-22)21-8-3-2-4-9-21)16-26-12-7-13-28(26)27-18-23-10-5-6-11-24(23)19-27/h2-6,8-13,15,17-18H,1,7,14,16,19H2. The minimum absolute atomic E-state index is 0.946. The summed E-state index contributed by atoms with van der Waals surface area (Å²) in [6.07, 6.45) is 15.8. The molecule has 0 radical (unpaired) electrons. The van der Waals surface area contributed by atoms with Gasteiger partial charge in [0.25, 0.3) is 0 Å². The van der Waals surface area contributed by atoms with Crippen molar-refractivity contribution >= 4 is 11.6 Å². The molecule has 3 aliphatic rings. The number of rotatable bonds is 5. The molecule has 0 spiro atoms. The molecule has 3 aliphatic carbocycles. The summed E-state index contributed by atoms with van der Waals surface area (Å²) in [5.41, 5.74) is 12.4. The average Bonchev–Trinajstić information content (AvgIpc) is 3.47. The monoisotopic (exact) mass is 360 g/mol. The Morgan fingerprint density at radius 1 is 0.857 bits per heavy atom. The van der Waals surface area contributed by atoms with Crippen molar-refractivity contribution in [2.45, 2.75) is 25.7 Å². The van der Waals surface area contributed by atoms with Crippen LogP contribution in [0.3, 0.4) is 0 Å². The van der Waals surface area contributed by atoms with Gasteiger partial charge in [0.15, 0.2) is 0 Å². The highest BCUT2D eigenvalue weighted by molar-refractivity contribution is 5.79. The molecule has 0 heteroatoms. The van der Waals surface area contributed by atoms with Crippen LogP contribution in [0.25, 0.3) is 11.6 Å². The maximum atomic E-state index is 4.44. The quantitative estimate of drug-likeness (QED) is 0.527. The molecular weight excluding hydrogens is 336 g/mol. The van der Waals surface area contributed by atoms with Gasteiger partial charge in [-0.05, 0) is 75.8 Å². The number of allylic oxidation sites excluding steroid dienone is 10. The van der Waals surface area contributed by atoms with Gasteiger partial charge in [0, 0.05) is 0 Å². The molecule has 0 nitrogen and oxygen atoms in total. The van der Waals surface area contributed by atoms with Gasteiger partial charge in [0.1, 0.15) is 0 Å². The Morgan fingerprint density at radius 3 is 2.54 bits per heavy atom. The number of hydrogen-bond donors (Lipinski definition) is 0. The van der Waals surface area contributed by atoms with Crippen LogP contribution in [0.15, 0.2) is 113 Å². The zero-order chi connectivity index (χ0) is 18.9. The maximum absolute atomic E-state index is 4.44. The first-order valence-electron chi connectivity index (χ1n) is 10.1. The van der Waals surface area contributed by atoms with Gasteiger partial charge >= 0.3 is 0 Å². The third kappa shape index (κ3) is 3.16. The minimum atomic E-state index is 0.946. The Morgan fingerprint density at radius 2 is 1.68 bits per heavy atom. The van der Waals surface area contributed by atoms with Crippen LogP contribution in [0.1, 0.15) is 36.0 Å². The van der Waals surface area contributed by atoms with Crippen LogP contribution in [0, 0.1) is 0 Å². The van der Waals surface area contributed by atoms with Crippen molar-refractivity contribution in [2.24, 2.45) is 0 Å². The molecule has 0 amide bonds. The molecule has 5 rings (SSSR count). The summed E-state index contributed by atoms with van der Waals surface area (Å²) in [5, 5.41) is 0. The summed E-state index contributed by atoms with van der Waals surface area (Å²) in [6, 6.07) is 19.4. The van der Waals surface area contributed by atoms with Gasteiger partial charge in [-0.1, -0.05) is 91.6 Å². The topological polar surface area (TPSA) is 0 Å². The third-order valence-corrected chi connectivity index (χ3v) is 5.98. The predicted octanol–water partition coefficient (Wildman–Crippen LogP) is 7.24. The van der Waals surface area contributed by atoms with E-state index in [2.05, 4.69) is 91.6 Å². The van der Waals surface area contributed by atoms with E-state index in [-0.39, 0.29) is 0 Å². The summed E-state index contributed by atoms with van der Waals surface area (Å²) in [6.45, 7) is 4.44. The van der Waals surface area contributed by atoms with E-state index in [9.17, 15) is 0 Å². The SMILES string of the molecule is C=C(CC1=CCC=C1C1=Cc2ccccc2C1)C1=CC(c2ccccc2)=CC1. The van der Waals surface area contributed by atoms with Gasteiger partial charge in [-0.15, -0.1) is 0 Å². The smallest absolute Gasteiger partial charge is 0.00137 e. The van der Waals surface area contributed by atoms with E-state index in [1.165, 1.54) is 50.1 Å². The molecule has 2 aromatic carbocycles. The van der Waals surface area contributed by atoms with Crippen LogP contribution in [0.5, 0.6) is 0 Å². The van der Waals surface area contributed by atoms with E-state index < -0.39 is 0 Å². The molecule has 2 aromatic rings. The van der Waals surface area contributed by atoms with Crippen molar-refractivity contribution in [2.75, 3.05) is 0 Å². The second-order valence-corrected chi connectivity index (χ2v) is 7.81. The van der Waals surface area contributed by atoms with Crippen molar-refractivity contribution in [1.82, 2.24) is 0 Å². The Labute approximate surface area is 167 Å². The molecule has 0 atom stereocenters. The van der Waals surface area contributed by atoms with Crippen molar-refractivity contribution in [3.63, 3.8) is 0 Å². The van der Waals surface area contributed by atoms with Crippen LogP contribution >= 0.6 is 0 Å². The highest BCUT2D eigenvalue weighted by atomic mass is 14.3. The lowest BCUT2D eigenvalue weighted by molar-refractivity contribution is 1.09. The Bertz CT molecular complexity index is 1100. The fraction of sp³-hybridized carbons (Fsp3) is 0.143. The fourth-order valence-corrected chi connectivity index (χ4v) is 4.46. The normalized spacial score (nSPS) is 17.5. The van der Waals surface area contributed by atoms with Crippen molar-refractivity contribution in [1.29, 1.82) is 0 Å². The van der Waals surface area contributed by atoms with Crippen LogP contribution in [0.2, 0.25) is 0 Å². The lowest BCUT2D eigenvalue weighted by Gasteiger charge is -2.13. The molecule has 0 aromatic heterocycles. The highest BCUT2D eigenvalue weighted by Gasteiger charge is 2.21. The fourth-order valence-electron chi connectivity index (χ4n) is 4.46. The second-order valence-electron chi connectivity index (χ2n) is 7.81. The summed E-state index contributed by atoms with van der Waals surface area (Å²) >= 11 is 0. The van der Waals surface area contributed by atoms with Gasteiger partial charge in [0.05, 0.1) is 0 Å². The molecule has 0 bridgehead atoms. The molecule has 0 heterocycles. The Hall–Kier alpha value is -3.12. The van der Waals surface area contributed by atoms with Crippen LogP contribution in [-0.4, -0.2) is 0 Å². The van der Waals surface area contributed by atoms with E-state index >= 15 is 0 Å². The third-order valence-electron chi connectivity index (χ3n) is 5.98. The highest BCUT2D eigenvalue weighted by Crippen LogP contribution is 2.39. The zero-order valence-electron chi connectivity index (χ0n) is 16.1. The average molecular weight is 361 g/mol. The van der Waals surface area contributed by atoms with Gasteiger partial charge in [0.2, 0.25) is 0 Å². The van der Waals surface area contributed by atoms with Gasteiger partial charge < -0.3 is 0 Å². The molecule has 0 aliphatic heterocycles. The van der Waals surface area contributed by atoms with E-state index in [4.69, 9.17) is 0 Å². The van der Waals surface area contributed by atoms with Crippen molar-refractivity contribution in [3.8, 4) is 0 Å². The number of fused-ring (bicyclic) bond motifs is 1. The minimum Gasteiger partial charge on any atom is -0.0952 e. The molecule has 0 saturated carbocycles. The largest absolute Gasteiger partial charge is 0.0952 e. The van der Waals surface area contributed by atoms with E-state index in [0.717, 1.165) is 25.7 Å². The second kappa shape index (κ2) is 7.13. The van der Waals surface area contributed by atoms with Crippen molar-refractivity contribution < 1.29 is 0 Å². The van der Waals surface area contributed by atoms with Gasteiger partial charge in [-0.2, -0.15) is 0 Å². The number of benzene rings is 2. The number of hydrogen-bond acceptors (Lipinski definition) is 0. The first-order valence-corrected chi connectivity index (χ1v) is 10.1.